The molecule has 6 heteroatoms. The lowest BCUT2D eigenvalue weighted by Crippen LogP contribution is -2.41. The van der Waals surface area contributed by atoms with Crippen LogP contribution in [0, 0.1) is 5.82 Å². The van der Waals surface area contributed by atoms with Crippen molar-refractivity contribution in [1.82, 2.24) is 14.9 Å². The van der Waals surface area contributed by atoms with E-state index in [1.165, 1.54) is 22.8 Å². The molecule has 1 aromatic heterocycles. The average molecular weight is 277 g/mol. The predicted octanol–water partition coefficient (Wildman–Crippen LogP) is 1.14. The van der Waals surface area contributed by atoms with Gasteiger partial charge in [0.05, 0.1) is 16.9 Å². The van der Waals surface area contributed by atoms with Crippen LogP contribution in [0.5, 0.6) is 0 Å². The van der Waals surface area contributed by atoms with E-state index in [0.717, 1.165) is 25.8 Å². The van der Waals surface area contributed by atoms with E-state index in [1.807, 2.05) is 0 Å². The monoisotopic (exact) mass is 277 g/mol. The smallest absolute Gasteiger partial charge is 0.315 e. The highest BCUT2D eigenvalue weighted by Gasteiger charge is 2.19. The molecule has 0 radical (unpaired) electrons. The van der Waals surface area contributed by atoms with E-state index in [-0.39, 0.29) is 16.9 Å². The molecule has 0 amide bonds. The highest BCUT2D eigenvalue weighted by molar-refractivity contribution is 5.77. The Labute approximate surface area is 114 Å². The minimum Gasteiger partial charge on any atom is -0.315 e. The molecule has 1 atom stereocenters. The number of nitrogens with zero attached hydrogens (tertiary/aromatic N) is 1. The molecular formula is C14H16FN3O2. The fraction of sp³-hybridized carbons (Fsp3) is 0.429. The van der Waals surface area contributed by atoms with Crippen molar-refractivity contribution >= 4 is 10.9 Å². The van der Waals surface area contributed by atoms with Crippen LogP contribution in [0.1, 0.15) is 25.3 Å². The lowest BCUT2D eigenvalue weighted by molar-refractivity contribution is 0.434. The Morgan fingerprint density at radius 1 is 1.25 bits per heavy atom. The normalized spacial score (nSPS) is 19.9. The van der Waals surface area contributed by atoms with Crippen molar-refractivity contribution in [2.45, 2.75) is 25.3 Å². The number of fused-ring (bicyclic) bond motifs is 1. The molecule has 2 aromatic rings. The zero-order chi connectivity index (χ0) is 14.1. The SMILES string of the molecule is O=c1[nH]c2c(F)cccc2c(=O)n1C1CCCCNC1. The van der Waals surface area contributed by atoms with Crippen LogP contribution in [0.25, 0.3) is 10.9 Å². The molecule has 1 aliphatic heterocycles. The van der Waals surface area contributed by atoms with Crippen molar-refractivity contribution in [3.63, 3.8) is 0 Å². The Morgan fingerprint density at radius 3 is 2.95 bits per heavy atom. The van der Waals surface area contributed by atoms with Gasteiger partial charge in [-0.2, -0.15) is 0 Å². The van der Waals surface area contributed by atoms with Gasteiger partial charge in [0, 0.05) is 6.54 Å². The molecule has 2 N–H and O–H groups in total. The number of para-hydroxylation sites is 1. The van der Waals surface area contributed by atoms with Crippen LogP contribution in [0.3, 0.4) is 0 Å². The zero-order valence-corrected chi connectivity index (χ0v) is 11.0. The van der Waals surface area contributed by atoms with Gasteiger partial charge in [-0.3, -0.25) is 9.36 Å². The van der Waals surface area contributed by atoms with E-state index in [0.29, 0.717) is 6.54 Å². The molecule has 20 heavy (non-hydrogen) atoms. The number of rotatable bonds is 1. The van der Waals surface area contributed by atoms with Crippen molar-refractivity contribution in [1.29, 1.82) is 0 Å². The Bertz CT molecular complexity index is 742. The van der Waals surface area contributed by atoms with Gasteiger partial charge in [0.25, 0.3) is 5.56 Å². The first kappa shape index (κ1) is 13.1. The Hall–Kier alpha value is -1.95. The first-order valence-electron chi connectivity index (χ1n) is 6.82. The van der Waals surface area contributed by atoms with Crippen molar-refractivity contribution in [3.8, 4) is 0 Å². The van der Waals surface area contributed by atoms with Crippen molar-refractivity contribution in [2.24, 2.45) is 0 Å². The van der Waals surface area contributed by atoms with E-state index < -0.39 is 17.1 Å². The number of hydrogen-bond acceptors (Lipinski definition) is 3. The van der Waals surface area contributed by atoms with Crippen LogP contribution in [-0.4, -0.2) is 22.6 Å². The minimum absolute atomic E-state index is 0.0136. The van der Waals surface area contributed by atoms with E-state index >= 15 is 0 Å². The average Bonchev–Trinajstić information content (AvgIpc) is 2.69. The molecule has 0 bridgehead atoms. The molecule has 1 aliphatic rings. The standard InChI is InChI=1S/C14H16FN3O2/c15-11-6-3-5-10-12(11)17-14(20)18(13(10)19)9-4-1-2-7-16-8-9/h3,5-6,9,16H,1-2,4,7-8H2,(H,17,20). The van der Waals surface area contributed by atoms with Crippen molar-refractivity contribution < 1.29 is 4.39 Å². The quantitative estimate of drug-likeness (QED) is 0.821. The topological polar surface area (TPSA) is 66.9 Å². The van der Waals surface area contributed by atoms with Gasteiger partial charge < -0.3 is 10.3 Å². The summed E-state index contributed by atoms with van der Waals surface area (Å²) in [6.45, 7) is 1.48. The lowest BCUT2D eigenvalue weighted by atomic mass is 10.1. The molecule has 2 heterocycles. The zero-order valence-electron chi connectivity index (χ0n) is 11.0. The van der Waals surface area contributed by atoms with Gasteiger partial charge in [-0.05, 0) is 31.5 Å². The molecule has 0 spiro atoms. The first-order valence-corrected chi connectivity index (χ1v) is 6.82. The molecule has 1 saturated heterocycles. The second-order valence-electron chi connectivity index (χ2n) is 5.12. The summed E-state index contributed by atoms with van der Waals surface area (Å²) in [6.07, 6.45) is 2.77. The largest absolute Gasteiger partial charge is 0.329 e. The molecular weight excluding hydrogens is 261 g/mol. The summed E-state index contributed by atoms with van der Waals surface area (Å²) in [6, 6.07) is 4.07. The van der Waals surface area contributed by atoms with Crippen LogP contribution in [-0.2, 0) is 0 Å². The number of halogens is 1. The second kappa shape index (κ2) is 5.20. The van der Waals surface area contributed by atoms with Gasteiger partial charge in [0.1, 0.15) is 5.82 Å². The first-order chi connectivity index (χ1) is 9.68. The molecule has 106 valence electrons. The number of hydrogen-bond donors (Lipinski definition) is 2. The van der Waals surface area contributed by atoms with Gasteiger partial charge in [0.15, 0.2) is 0 Å². The minimum atomic E-state index is -0.581. The summed E-state index contributed by atoms with van der Waals surface area (Å²) in [7, 11) is 0. The summed E-state index contributed by atoms with van der Waals surface area (Å²) in [5.74, 6) is -0.581. The van der Waals surface area contributed by atoms with E-state index in [9.17, 15) is 14.0 Å². The molecule has 0 aliphatic carbocycles. The Balaban J connectivity index is 2.21. The van der Waals surface area contributed by atoms with Crippen molar-refractivity contribution in [3.05, 3.63) is 44.9 Å². The maximum atomic E-state index is 13.7. The lowest BCUT2D eigenvalue weighted by Gasteiger charge is -2.17. The fourth-order valence-electron chi connectivity index (χ4n) is 2.77. The Morgan fingerprint density at radius 2 is 2.10 bits per heavy atom. The number of H-pyrrole nitrogens is 1. The van der Waals surface area contributed by atoms with Gasteiger partial charge in [-0.25, -0.2) is 9.18 Å². The summed E-state index contributed by atoms with van der Waals surface area (Å²) in [5, 5.41) is 3.44. The van der Waals surface area contributed by atoms with E-state index in [1.54, 1.807) is 0 Å². The van der Waals surface area contributed by atoms with Crippen molar-refractivity contribution in [2.75, 3.05) is 13.1 Å². The van der Waals surface area contributed by atoms with Gasteiger partial charge in [-0.1, -0.05) is 12.5 Å². The van der Waals surface area contributed by atoms with E-state index in [4.69, 9.17) is 0 Å². The fourth-order valence-corrected chi connectivity index (χ4v) is 2.77. The van der Waals surface area contributed by atoms with Crippen LogP contribution in [0.4, 0.5) is 4.39 Å². The maximum absolute atomic E-state index is 13.7. The summed E-state index contributed by atoms with van der Waals surface area (Å²) >= 11 is 0. The third-order valence-electron chi connectivity index (χ3n) is 3.80. The predicted molar refractivity (Wildman–Crippen MR) is 74.5 cm³/mol. The van der Waals surface area contributed by atoms with Gasteiger partial charge in [0.2, 0.25) is 0 Å². The third-order valence-corrected chi connectivity index (χ3v) is 3.80. The highest BCUT2D eigenvalue weighted by atomic mass is 19.1. The molecule has 3 rings (SSSR count). The molecule has 1 fully saturated rings. The van der Waals surface area contributed by atoms with Crippen LogP contribution < -0.4 is 16.6 Å². The number of benzene rings is 1. The van der Waals surface area contributed by atoms with E-state index in [2.05, 4.69) is 10.3 Å². The summed E-state index contributed by atoms with van der Waals surface area (Å²) in [4.78, 5) is 27.1. The van der Waals surface area contributed by atoms with Gasteiger partial charge in [-0.15, -0.1) is 0 Å². The number of nitrogens with one attached hydrogen (secondary N) is 2. The summed E-state index contributed by atoms with van der Waals surface area (Å²) < 4.78 is 14.9. The maximum Gasteiger partial charge on any atom is 0.329 e. The molecule has 5 nitrogen and oxygen atoms in total. The second-order valence-corrected chi connectivity index (χ2v) is 5.12. The van der Waals surface area contributed by atoms with Crippen LogP contribution >= 0.6 is 0 Å². The summed E-state index contributed by atoms with van der Waals surface area (Å²) in [5.41, 5.74) is -0.974. The Kier molecular flexibility index (Phi) is 3.40. The molecule has 1 unspecified atom stereocenters. The highest BCUT2D eigenvalue weighted by Crippen LogP contribution is 2.15. The molecule has 1 aromatic carbocycles. The molecule has 0 saturated carbocycles. The third kappa shape index (κ3) is 2.16. The number of aromatic amines is 1. The van der Waals surface area contributed by atoms with Crippen LogP contribution in [0.15, 0.2) is 27.8 Å². The van der Waals surface area contributed by atoms with Crippen LogP contribution in [0.2, 0.25) is 0 Å². The number of aromatic nitrogens is 2. The van der Waals surface area contributed by atoms with Gasteiger partial charge >= 0.3 is 5.69 Å².